The second kappa shape index (κ2) is 8.62. The molecule has 0 spiro atoms. The smallest absolute Gasteiger partial charge is 0.306 e. The summed E-state index contributed by atoms with van der Waals surface area (Å²) in [6, 6.07) is 9.62. The zero-order valence-corrected chi connectivity index (χ0v) is 15.3. The summed E-state index contributed by atoms with van der Waals surface area (Å²) in [7, 11) is -3.20. The van der Waals surface area contributed by atoms with Crippen LogP contribution in [0.4, 0.5) is 0 Å². The Labute approximate surface area is 139 Å². The molecule has 0 aliphatic rings. The second-order valence-corrected chi connectivity index (χ2v) is 9.21. The highest BCUT2D eigenvalue weighted by Crippen LogP contribution is 2.54. The molecule has 6 heteroatoms. The first kappa shape index (κ1) is 19.9. The molecule has 1 rings (SSSR count). The SMILES string of the molecule is CCOC(=O)CCP(=O)(OC(C)(C)C)C(N)Cc1ccccc1. The average Bonchev–Trinajstić information content (AvgIpc) is 2.45. The van der Waals surface area contributed by atoms with Crippen LogP contribution in [0.3, 0.4) is 0 Å². The van der Waals surface area contributed by atoms with Crippen LogP contribution in [0.5, 0.6) is 0 Å². The van der Waals surface area contributed by atoms with Crippen molar-refractivity contribution in [3.63, 3.8) is 0 Å². The number of hydrogen-bond acceptors (Lipinski definition) is 5. The van der Waals surface area contributed by atoms with Gasteiger partial charge in [-0.1, -0.05) is 30.3 Å². The third-order valence-electron chi connectivity index (χ3n) is 3.15. The van der Waals surface area contributed by atoms with Crippen molar-refractivity contribution in [2.45, 2.75) is 51.9 Å². The molecule has 130 valence electrons. The summed E-state index contributed by atoms with van der Waals surface area (Å²) < 4.78 is 24.0. The molecule has 1 aromatic rings. The van der Waals surface area contributed by atoms with Crippen LogP contribution in [0, 0.1) is 0 Å². The lowest BCUT2D eigenvalue weighted by molar-refractivity contribution is -0.142. The third-order valence-corrected chi connectivity index (χ3v) is 6.05. The number of esters is 1. The van der Waals surface area contributed by atoms with Gasteiger partial charge in [-0.05, 0) is 39.7 Å². The molecule has 0 amide bonds. The monoisotopic (exact) mass is 341 g/mol. The maximum Gasteiger partial charge on any atom is 0.306 e. The van der Waals surface area contributed by atoms with Gasteiger partial charge in [-0.3, -0.25) is 9.36 Å². The summed E-state index contributed by atoms with van der Waals surface area (Å²) in [5.41, 5.74) is 6.61. The van der Waals surface area contributed by atoms with Gasteiger partial charge in [-0.15, -0.1) is 0 Å². The van der Waals surface area contributed by atoms with Gasteiger partial charge in [-0.25, -0.2) is 0 Å². The van der Waals surface area contributed by atoms with Crippen LogP contribution in [0.25, 0.3) is 0 Å². The van der Waals surface area contributed by atoms with Gasteiger partial charge in [0.15, 0.2) is 0 Å². The molecule has 0 aromatic heterocycles. The number of benzene rings is 1. The van der Waals surface area contributed by atoms with Gasteiger partial charge in [0, 0.05) is 6.16 Å². The van der Waals surface area contributed by atoms with Crippen molar-refractivity contribution in [3.8, 4) is 0 Å². The van der Waals surface area contributed by atoms with E-state index in [9.17, 15) is 9.36 Å². The molecule has 0 saturated heterocycles. The highest BCUT2D eigenvalue weighted by Gasteiger charge is 2.36. The van der Waals surface area contributed by atoms with E-state index in [4.69, 9.17) is 15.0 Å². The quantitative estimate of drug-likeness (QED) is 0.578. The van der Waals surface area contributed by atoms with Gasteiger partial charge in [0.05, 0.1) is 24.4 Å². The van der Waals surface area contributed by atoms with Gasteiger partial charge in [0.2, 0.25) is 7.37 Å². The number of carbonyl (C=O) groups excluding carboxylic acids is 1. The summed E-state index contributed by atoms with van der Waals surface area (Å²) in [4.78, 5) is 11.6. The van der Waals surface area contributed by atoms with Crippen LogP contribution in [0.15, 0.2) is 30.3 Å². The minimum absolute atomic E-state index is 0.0453. The number of carbonyl (C=O) groups is 1. The summed E-state index contributed by atoms with van der Waals surface area (Å²) in [5, 5.41) is 0. The van der Waals surface area contributed by atoms with E-state index in [-0.39, 0.29) is 18.6 Å². The predicted molar refractivity (Wildman–Crippen MR) is 92.7 cm³/mol. The molecule has 0 radical (unpaired) electrons. The van der Waals surface area contributed by atoms with E-state index in [1.165, 1.54) is 0 Å². The maximum absolute atomic E-state index is 13.3. The fraction of sp³-hybridized carbons (Fsp3) is 0.588. The number of hydrogen-bond donors (Lipinski definition) is 1. The molecule has 0 saturated carbocycles. The lowest BCUT2D eigenvalue weighted by Crippen LogP contribution is -2.31. The maximum atomic E-state index is 13.3. The van der Waals surface area contributed by atoms with Gasteiger partial charge >= 0.3 is 5.97 Å². The van der Waals surface area contributed by atoms with Gasteiger partial charge < -0.3 is 15.0 Å². The Morgan fingerprint density at radius 3 is 2.39 bits per heavy atom. The minimum Gasteiger partial charge on any atom is -0.466 e. The van der Waals surface area contributed by atoms with E-state index in [1.807, 2.05) is 51.1 Å². The molecule has 2 atom stereocenters. The molecule has 2 N–H and O–H groups in total. The molecule has 5 nitrogen and oxygen atoms in total. The molecular weight excluding hydrogens is 313 g/mol. The molecule has 0 aliphatic carbocycles. The van der Waals surface area contributed by atoms with Crippen molar-refractivity contribution < 1.29 is 18.6 Å². The molecular formula is C17H28NO4P. The molecule has 0 fully saturated rings. The van der Waals surface area contributed by atoms with Gasteiger partial charge in [0.1, 0.15) is 0 Å². The highest BCUT2D eigenvalue weighted by molar-refractivity contribution is 7.59. The Bertz CT molecular complexity index is 539. The molecule has 23 heavy (non-hydrogen) atoms. The average molecular weight is 341 g/mol. The fourth-order valence-corrected chi connectivity index (χ4v) is 4.69. The second-order valence-electron chi connectivity index (χ2n) is 6.47. The van der Waals surface area contributed by atoms with Gasteiger partial charge in [-0.2, -0.15) is 0 Å². The van der Waals surface area contributed by atoms with Crippen molar-refractivity contribution in [1.29, 1.82) is 0 Å². The van der Waals surface area contributed by atoms with E-state index in [2.05, 4.69) is 0 Å². The first-order valence-electron chi connectivity index (χ1n) is 7.91. The number of rotatable bonds is 8. The predicted octanol–water partition coefficient (Wildman–Crippen LogP) is 3.56. The minimum atomic E-state index is -3.20. The lowest BCUT2D eigenvalue weighted by Gasteiger charge is -2.31. The standard InChI is InChI=1S/C17H28NO4P/c1-5-21-16(19)11-12-23(20,22-17(2,3)4)15(18)13-14-9-7-6-8-10-14/h6-10,15H,5,11-13,18H2,1-4H3. The van der Waals surface area contributed by atoms with Crippen LogP contribution in [-0.2, 0) is 25.0 Å². The summed E-state index contributed by atoms with van der Waals surface area (Å²) >= 11 is 0. The largest absolute Gasteiger partial charge is 0.466 e. The Kier molecular flexibility index (Phi) is 7.46. The van der Waals surface area contributed by atoms with Crippen molar-refractivity contribution >= 4 is 13.3 Å². The van der Waals surface area contributed by atoms with Crippen LogP contribution in [0.1, 0.15) is 39.7 Å². The van der Waals surface area contributed by atoms with Crippen LogP contribution in [-0.4, -0.2) is 30.1 Å². The molecule has 1 aromatic carbocycles. The van der Waals surface area contributed by atoms with E-state index in [0.717, 1.165) is 5.56 Å². The van der Waals surface area contributed by atoms with Crippen LogP contribution < -0.4 is 5.73 Å². The van der Waals surface area contributed by atoms with E-state index < -0.39 is 18.8 Å². The zero-order valence-electron chi connectivity index (χ0n) is 14.5. The summed E-state index contributed by atoms with van der Waals surface area (Å²) in [6.45, 7) is 7.54. The highest BCUT2D eigenvalue weighted by atomic mass is 31.2. The molecule has 0 aliphatic heterocycles. The Morgan fingerprint density at radius 2 is 1.87 bits per heavy atom. The lowest BCUT2D eigenvalue weighted by atomic mass is 10.1. The Balaban J connectivity index is 2.85. The number of ether oxygens (including phenoxy) is 1. The van der Waals surface area contributed by atoms with Crippen molar-refractivity contribution in [1.82, 2.24) is 0 Å². The van der Waals surface area contributed by atoms with Crippen LogP contribution in [0.2, 0.25) is 0 Å². The van der Waals surface area contributed by atoms with E-state index >= 15 is 0 Å². The Hall–Kier alpha value is -1.16. The molecule has 0 bridgehead atoms. The zero-order chi connectivity index (χ0) is 17.5. The molecule has 2 unspecified atom stereocenters. The first-order chi connectivity index (χ1) is 10.7. The topological polar surface area (TPSA) is 78.6 Å². The summed E-state index contributed by atoms with van der Waals surface area (Å²) in [6.07, 6.45) is 0.581. The molecule has 0 heterocycles. The summed E-state index contributed by atoms with van der Waals surface area (Å²) in [5.74, 6) is -1.03. The van der Waals surface area contributed by atoms with E-state index in [1.54, 1.807) is 6.92 Å². The van der Waals surface area contributed by atoms with Crippen molar-refractivity contribution in [2.24, 2.45) is 5.73 Å². The third kappa shape index (κ3) is 7.30. The fourth-order valence-electron chi connectivity index (χ4n) is 2.22. The van der Waals surface area contributed by atoms with Crippen molar-refractivity contribution in [2.75, 3.05) is 12.8 Å². The first-order valence-corrected chi connectivity index (χ1v) is 9.79. The Morgan fingerprint density at radius 1 is 1.26 bits per heavy atom. The van der Waals surface area contributed by atoms with E-state index in [0.29, 0.717) is 13.0 Å². The van der Waals surface area contributed by atoms with Gasteiger partial charge in [0.25, 0.3) is 0 Å². The normalized spacial score (nSPS) is 15.7. The van der Waals surface area contributed by atoms with Crippen molar-refractivity contribution in [3.05, 3.63) is 35.9 Å². The van der Waals surface area contributed by atoms with Crippen LogP contribution >= 0.6 is 7.37 Å². The number of nitrogens with two attached hydrogens (primary N) is 1.